The number of imide groups is 1. The molecule has 14 atom stereocenters. The van der Waals surface area contributed by atoms with Gasteiger partial charge in [0.15, 0.2) is 18.9 Å². The number of hydroxylamine groups is 2. The highest BCUT2D eigenvalue weighted by Gasteiger charge is 2.49. The molecule has 4 heterocycles. The minimum atomic E-state index is -1.80. The maximum absolute atomic E-state index is 12.3. The number of aliphatic hydroxyl groups is 9. The van der Waals surface area contributed by atoms with Crippen LogP contribution in [0.25, 0.3) is 0 Å². The number of rotatable bonds is 16. The second-order valence-corrected chi connectivity index (χ2v) is 12.4. The minimum Gasteiger partial charge on any atom is -0.394 e. The number of hydrogen-bond donors (Lipinski definition) is 10. The maximum Gasteiger partial charge on any atom is 0.333 e. The molecule has 4 rings (SSSR count). The molecule has 0 radical (unpaired) electrons. The highest BCUT2D eigenvalue weighted by molar-refractivity contribution is 6.01. The molecule has 22 nitrogen and oxygen atoms in total. The molecule has 3 amide bonds. The monoisotopic (exact) mass is 742 g/mol. The fraction of sp³-hybridized carbons (Fsp3) is 0.862. The molecule has 0 aromatic rings. The first-order valence-electron chi connectivity index (χ1n) is 16.4. The molecule has 10 N–H and O–H groups in total. The topological polar surface area (TPSA) is 330 Å². The molecule has 292 valence electrons. The van der Waals surface area contributed by atoms with E-state index in [1.807, 2.05) is 0 Å². The first-order valence-corrected chi connectivity index (χ1v) is 16.4. The van der Waals surface area contributed by atoms with Crippen molar-refractivity contribution in [2.24, 2.45) is 0 Å². The summed E-state index contributed by atoms with van der Waals surface area (Å²) in [4.78, 5) is 52.0. The summed E-state index contributed by atoms with van der Waals surface area (Å²) >= 11 is 0. The summed E-state index contributed by atoms with van der Waals surface area (Å²) in [5.74, 6) is -2.56. The molecule has 4 aliphatic heterocycles. The third kappa shape index (κ3) is 10.6. The molecule has 0 bridgehead atoms. The van der Waals surface area contributed by atoms with Crippen LogP contribution < -0.4 is 5.32 Å². The normalized spacial score (nSPS) is 38.9. The van der Waals surface area contributed by atoms with E-state index in [1.54, 1.807) is 0 Å². The van der Waals surface area contributed by atoms with Gasteiger partial charge in [-0.25, -0.2) is 4.79 Å². The van der Waals surface area contributed by atoms with Gasteiger partial charge in [-0.2, -0.15) is 0 Å². The summed E-state index contributed by atoms with van der Waals surface area (Å²) in [7, 11) is 0. The average Bonchev–Trinajstić information content (AvgIpc) is 3.42. The lowest BCUT2D eigenvalue weighted by atomic mass is 9.98. The van der Waals surface area contributed by atoms with Gasteiger partial charge in [-0.1, -0.05) is 0 Å². The summed E-state index contributed by atoms with van der Waals surface area (Å²) in [5.41, 5.74) is 0. The first kappa shape index (κ1) is 41.2. The van der Waals surface area contributed by atoms with Gasteiger partial charge in [0, 0.05) is 38.6 Å². The zero-order valence-electron chi connectivity index (χ0n) is 27.3. The van der Waals surface area contributed by atoms with E-state index in [9.17, 15) is 65.1 Å². The van der Waals surface area contributed by atoms with Crippen molar-refractivity contribution in [3.63, 3.8) is 0 Å². The Labute approximate surface area is 290 Å². The van der Waals surface area contributed by atoms with Gasteiger partial charge in [-0.15, -0.1) is 5.06 Å². The summed E-state index contributed by atoms with van der Waals surface area (Å²) in [5, 5.41) is 94.2. The lowest BCUT2D eigenvalue weighted by molar-refractivity contribution is -0.346. The van der Waals surface area contributed by atoms with Crippen LogP contribution in [-0.4, -0.2) is 194 Å². The molecule has 51 heavy (non-hydrogen) atoms. The van der Waals surface area contributed by atoms with Gasteiger partial charge in [0.05, 0.1) is 32.5 Å². The molecule has 0 saturated carbocycles. The molecule has 4 aliphatic rings. The molecule has 0 aliphatic carbocycles. The number of hydrogen-bond acceptors (Lipinski definition) is 20. The van der Waals surface area contributed by atoms with Crippen LogP contribution in [0.5, 0.6) is 0 Å². The van der Waals surface area contributed by atoms with Gasteiger partial charge in [0.2, 0.25) is 5.91 Å². The number of carbonyl (C=O) groups excluding carboxylic acids is 4. The second kappa shape index (κ2) is 19.0. The van der Waals surface area contributed by atoms with E-state index in [0.29, 0.717) is 5.06 Å². The third-order valence-electron chi connectivity index (χ3n) is 8.66. The van der Waals surface area contributed by atoms with Crippen LogP contribution in [0, 0.1) is 0 Å². The van der Waals surface area contributed by atoms with E-state index in [-0.39, 0.29) is 51.7 Å². The zero-order chi connectivity index (χ0) is 37.4. The summed E-state index contributed by atoms with van der Waals surface area (Å²) < 4.78 is 33.5. The molecule has 22 heteroatoms. The number of carbonyl (C=O) groups is 4. The quantitative estimate of drug-likeness (QED) is 0.0519. The molecule has 0 spiro atoms. The predicted molar refractivity (Wildman–Crippen MR) is 158 cm³/mol. The number of amides is 3. The van der Waals surface area contributed by atoms with Crippen molar-refractivity contribution in [3.05, 3.63) is 0 Å². The molecule has 4 saturated heterocycles. The van der Waals surface area contributed by atoms with E-state index in [2.05, 4.69) is 5.32 Å². The molecular weight excluding hydrogens is 696 g/mol. The van der Waals surface area contributed by atoms with Crippen LogP contribution in [0.15, 0.2) is 0 Å². The molecule has 0 aromatic heterocycles. The first-order chi connectivity index (χ1) is 24.2. The van der Waals surface area contributed by atoms with E-state index in [0.717, 1.165) is 0 Å². The maximum atomic E-state index is 12.3. The molecule has 0 aromatic carbocycles. The van der Waals surface area contributed by atoms with Gasteiger partial charge >= 0.3 is 5.97 Å². The van der Waals surface area contributed by atoms with Gasteiger partial charge < -0.3 is 84.5 Å². The van der Waals surface area contributed by atoms with E-state index < -0.39 is 130 Å². The Kier molecular flexibility index (Phi) is 15.4. The van der Waals surface area contributed by atoms with Crippen molar-refractivity contribution >= 4 is 23.7 Å². The Balaban J connectivity index is 1.29. The number of nitrogens with zero attached hydrogens (tertiary/aromatic N) is 1. The Morgan fingerprint density at radius 3 is 1.92 bits per heavy atom. The number of aliphatic hydroxyl groups excluding tert-OH is 9. The summed E-state index contributed by atoms with van der Waals surface area (Å²) in [6.45, 7) is -2.20. The molecule has 4 fully saturated rings. The van der Waals surface area contributed by atoms with Crippen LogP contribution in [0.1, 0.15) is 38.5 Å². The Bertz CT molecular complexity index is 1160. The molecule has 8 unspecified atom stereocenters. The average molecular weight is 743 g/mol. The summed E-state index contributed by atoms with van der Waals surface area (Å²) in [6.07, 6.45) is -22.1. The smallest absolute Gasteiger partial charge is 0.333 e. The van der Waals surface area contributed by atoms with Gasteiger partial charge in [-0.3, -0.25) is 14.4 Å². The second-order valence-electron chi connectivity index (χ2n) is 12.4. The van der Waals surface area contributed by atoms with E-state index in [4.69, 9.17) is 33.3 Å². The van der Waals surface area contributed by atoms with E-state index >= 15 is 0 Å². The lowest BCUT2D eigenvalue weighted by Crippen LogP contribution is -2.62. The Morgan fingerprint density at radius 2 is 1.31 bits per heavy atom. The largest absolute Gasteiger partial charge is 0.394 e. The van der Waals surface area contributed by atoms with Crippen LogP contribution >= 0.6 is 0 Å². The van der Waals surface area contributed by atoms with Crippen LogP contribution in [0.2, 0.25) is 0 Å². The highest BCUT2D eigenvalue weighted by Crippen LogP contribution is 2.30. The number of ether oxygens (including phenoxy) is 6. The minimum absolute atomic E-state index is 0.0489. The zero-order valence-corrected chi connectivity index (χ0v) is 27.3. The van der Waals surface area contributed by atoms with Crippen molar-refractivity contribution < 1.29 is 98.4 Å². The third-order valence-corrected chi connectivity index (χ3v) is 8.66. The SMILES string of the molecule is O=C(CCCC(=O)ON1C(=O)CCC1=O)NCCO[C@@H]1CC(O[C@H]2OC(CO)[C@@H](O)C(O)C2O)[C@H](O)C(CO[C@H]2OC(CO)[C@@H](O)C(O)C2O)O1. The van der Waals surface area contributed by atoms with Crippen molar-refractivity contribution in [2.45, 2.75) is 125 Å². The fourth-order valence-electron chi connectivity index (χ4n) is 5.70. The fourth-order valence-corrected chi connectivity index (χ4v) is 5.70. The van der Waals surface area contributed by atoms with Crippen molar-refractivity contribution in [2.75, 3.05) is 33.0 Å². The Morgan fingerprint density at radius 1 is 0.725 bits per heavy atom. The van der Waals surface area contributed by atoms with Crippen LogP contribution in [0.3, 0.4) is 0 Å². The van der Waals surface area contributed by atoms with Crippen molar-refractivity contribution in [1.29, 1.82) is 0 Å². The van der Waals surface area contributed by atoms with Gasteiger partial charge in [-0.05, 0) is 6.42 Å². The standard InChI is InChI=1S/C29H46N2O20/c32-9-13-22(39)24(41)26(43)28(49-13)46-11-15-21(38)12(48-29-27(44)25(42)23(40)14(10-33)50-29)8-20(47-15)45-7-6-30-16(34)2-1-3-19(37)51-31-17(35)4-5-18(31)36/h12-15,20-29,32-33,38-44H,1-11H2,(H,30,34)/t12?,13?,14?,15?,20-,21-,22+,23+,24?,25?,26?,27?,28-,29-/m0/s1. The van der Waals surface area contributed by atoms with Crippen LogP contribution in [0.4, 0.5) is 0 Å². The van der Waals surface area contributed by atoms with Crippen molar-refractivity contribution in [1.82, 2.24) is 10.4 Å². The van der Waals surface area contributed by atoms with Crippen molar-refractivity contribution in [3.8, 4) is 0 Å². The number of nitrogens with one attached hydrogen (secondary N) is 1. The lowest BCUT2D eigenvalue weighted by Gasteiger charge is -2.45. The molecular formula is C29H46N2O20. The van der Waals surface area contributed by atoms with E-state index in [1.165, 1.54) is 0 Å². The van der Waals surface area contributed by atoms with Gasteiger partial charge in [0.1, 0.15) is 61.0 Å². The summed E-state index contributed by atoms with van der Waals surface area (Å²) in [6, 6.07) is 0. The van der Waals surface area contributed by atoms with Gasteiger partial charge in [0.25, 0.3) is 11.8 Å². The van der Waals surface area contributed by atoms with Crippen LogP contribution in [-0.2, 0) is 52.4 Å². The Hall–Kier alpha value is -2.52. The highest BCUT2D eigenvalue weighted by atomic mass is 16.7. The predicted octanol–water partition coefficient (Wildman–Crippen LogP) is -6.63.